The van der Waals surface area contributed by atoms with E-state index < -0.39 is 33.2 Å². The molecule has 210 valence electrons. The van der Waals surface area contributed by atoms with Crippen LogP contribution in [0.1, 0.15) is 59.8 Å². The molecule has 1 aromatic heterocycles. The van der Waals surface area contributed by atoms with Crippen LogP contribution >= 0.6 is 0 Å². The first kappa shape index (κ1) is 30.7. The zero-order valence-corrected chi connectivity index (χ0v) is 24.4. The summed E-state index contributed by atoms with van der Waals surface area (Å²) < 4.78 is 57.0. The van der Waals surface area contributed by atoms with Crippen LogP contribution in [-0.4, -0.2) is 47.5 Å². The van der Waals surface area contributed by atoms with E-state index in [9.17, 15) is 27.0 Å². The van der Waals surface area contributed by atoms with Gasteiger partial charge in [-0.3, -0.25) is 9.59 Å². The first-order chi connectivity index (χ1) is 18.3. The maximum Gasteiger partial charge on any atom is 0.250 e. The van der Waals surface area contributed by atoms with Gasteiger partial charge in [0.05, 0.1) is 11.8 Å². The summed E-state index contributed by atoms with van der Waals surface area (Å²) in [5, 5.41) is 0. The number of halogens is 1. The van der Waals surface area contributed by atoms with Crippen LogP contribution in [-0.2, 0) is 34.2 Å². The van der Waals surface area contributed by atoms with E-state index in [0.717, 1.165) is 17.1 Å². The zero-order chi connectivity index (χ0) is 28.9. The molecule has 0 bridgehead atoms. The molecule has 0 aliphatic heterocycles. The summed E-state index contributed by atoms with van der Waals surface area (Å²) in [5.74, 6) is -0.715. The molecule has 11 heteroatoms. The quantitative estimate of drug-likeness (QED) is 0.259. The highest BCUT2D eigenvalue weighted by Gasteiger charge is 2.24. The van der Waals surface area contributed by atoms with Gasteiger partial charge in [0.25, 0.3) is 5.56 Å². The standard InChI is InChI=1S/C28H34FN3O5S2/c1-6-7-14-38(35)30-19(2)24-16-27(33)32(5)17-26(24)25-15-20(18-39(36,37)31(3)4)8-13-23(25)28(34)21-9-11-22(29)12-10-21/h8-13,15-17,19,30H,6-7,14,18H2,1-5H3/t19-,38-/m0/s1. The number of benzene rings is 2. The third kappa shape index (κ3) is 7.64. The smallest absolute Gasteiger partial charge is 0.250 e. The minimum Gasteiger partial charge on any atom is -0.598 e. The number of carbonyl (C=O) groups excluding carboxylic acids is 1. The van der Waals surface area contributed by atoms with E-state index in [0.29, 0.717) is 28.0 Å². The fraction of sp³-hybridized carbons (Fsp3) is 0.357. The SMILES string of the molecule is CCCC[S@+]([O-])N[C@@H](C)c1cc(=O)n(C)cc1-c1cc(CS(=O)(=O)N(C)C)ccc1C(=O)c1ccc(F)cc1. The molecule has 0 fully saturated rings. The van der Waals surface area contributed by atoms with Crippen LogP contribution in [0, 0.1) is 5.82 Å². The molecule has 1 N–H and O–H groups in total. The van der Waals surface area contributed by atoms with Gasteiger partial charge in [-0.1, -0.05) is 25.5 Å². The number of pyridine rings is 1. The summed E-state index contributed by atoms with van der Waals surface area (Å²) in [6, 6.07) is 10.8. The highest BCUT2D eigenvalue weighted by molar-refractivity contribution is 7.89. The van der Waals surface area contributed by atoms with Gasteiger partial charge in [-0.25, -0.2) is 17.1 Å². The van der Waals surface area contributed by atoms with Crippen LogP contribution in [0.4, 0.5) is 4.39 Å². The number of unbranched alkanes of at least 4 members (excludes halogenated alkanes) is 1. The third-order valence-corrected chi connectivity index (χ3v) is 9.44. The van der Waals surface area contributed by atoms with E-state index in [1.807, 2.05) is 6.92 Å². The topological polar surface area (TPSA) is 112 Å². The second-order valence-corrected chi connectivity index (χ2v) is 13.1. The van der Waals surface area contributed by atoms with Crippen molar-refractivity contribution in [3.8, 4) is 11.1 Å². The van der Waals surface area contributed by atoms with Gasteiger partial charge in [-0.05, 0) is 60.4 Å². The Kier molecular flexibility index (Phi) is 10.2. The lowest BCUT2D eigenvalue weighted by molar-refractivity contribution is 0.103. The van der Waals surface area contributed by atoms with E-state index in [1.54, 1.807) is 38.4 Å². The number of aryl methyl sites for hydroxylation is 1. The molecular weight excluding hydrogens is 541 g/mol. The molecule has 3 aromatic rings. The molecule has 0 spiro atoms. The molecule has 3 rings (SSSR count). The number of ketones is 1. The fourth-order valence-electron chi connectivity index (χ4n) is 4.02. The lowest BCUT2D eigenvalue weighted by Crippen LogP contribution is -2.31. The lowest BCUT2D eigenvalue weighted by atomic mass is 9.89. The van der Waals surface area contributed by atoms with E-state index >= 15 is 0 Å². The van der Waals surface area contributed by atoms with Crippen molar-refractivity contribution >= 4 is 27.2 Å². The molecule has 8 nitrogen and oxygen atoms in total. The Morgan fingerprint density at radius 1 is 1.13 bits per heavy atom. The molecule has 2 aromatic carbocycles. The van der Waals surface area contributed by atoms with Crippen LogP contribution in [0.5, 0.6) is 0 Å². The van der Waals surface area contributed by atoms with E-state index in [2.05, 4.69) is 4.72 Å². The Bertz CT molecular complexity index is 1490. The van der Waals surface area contributed by atoms with Crippen molar-refractivity contribution < 1.29 is 22.2 Å². The minimum atomic E-state index is -3.61. The summed E-state index contributed by atoms with van der Waals surface area (Å²) in [6.45, 7) is 3.78. The maximum atomic E-state index is 13.6. The molecule has 0 amide bonds. The largest absolute Gasteiger partial charge is 0.598 e. The molecule has 0 saturated carbocycles. The summed E-state index contributed by atoms with van der Waals surface area (Å²) in [4.78, 5) is 26.3. The summed E-state index contributed by atoms with van der Waals surface area (Å²) in [6.07, 6.45) is 3.25. The Labute approximate surface area is 232 Å². The van der Waals surface area contributed by atoms with E-state index in [-0.39, 0.29) is 28.2 Å². The Morgan fingerprint density at radius 2 is 1.79 bits per heavy atom. The van der Waals surface area contributed by atoms with Crippen molar-refractivity contribution in [1.29, 1.82) is 0 Å². The van der Waals surface area contributed by atoms with Crippen molar-refractivity contribution in [2.45, 2.75) is 38.5 Å². The van der Waals surface area contributed by atoms with Crippen LogP contribution in [0.3, 0.4) is 0 Å². The number of rotatable bonds is 12. The third-order valence-electron chi connectivity index (χ3n) is 6.35. The molecule has 1 heterocycles. The number of nitrogens with zero attached hydrogens (tertiary/aromatic N) is 2. The molecule has 0 unspecified atom stereocenters. The van der Waals surface area contributed by atoms with Gasteiger partial charge in [0.2, 0.25) is 10.0 Å². The maximum absolute atomic E-state index is 13.6. The van der Waals surface area contributed by atoms with Gasteiger partial charge in [-0.2, -0.15) is 0 Å². The number of aromatic nitrogens is 1. The average Bonchev–Trinajstić information content (AvgIpc) is 2.88. The molecular formula is C28H34FN3O5S2. The second kappa shape index (κ2) is 13.0. The number of sulfonamides is 1. The van der Waals surface area contributed by atoms with Crippen molar-refractivity contribution in [2.75, 3.05) is 19.8 Å². The summed E-state index contributed by atoms with van der Waals surface area (Å²) in [5.41, 5.74) is 2.11. The fourth-order valence-corrected chi connectivity index (χ4v) is 6.07. The van der Waals surface area contributed by atoms with Gasteiger partial charge in [0.15, 0.2) is 5.78 Å². The van der Waals surface area contributed by atoms with Crippen LogP contribution in [0.25, 0.3) is 11.1 Å². The molecule has 0 saturated heterocycles. The van der Waals surface area contributed by atoms with Crippen molar-refractivity contribution in [2.24, 2.45) is 7.05 Å². The van der Waals surface area contributed by atoms with Crippen molar-refractivity contribution in [1.82, 2.24) is 13.6 Å². The van der Waals surface area contributed by atoms with Crippen molar-refractivity contribution in [3.63, 3.8) is 0 Å². The lowest BCUT2D eigenvalue weighted by Gasteiger charge is -2.22. The molecule has 0 aliphatic carbocycles. The van der Waals surface area contributed by atoms with Gasteiger partial charge in [0, 0.05) is 61.5 Å². The van der Waals surface area contributed by atoms with Gasteiger partial charge in [-0.15, -0.1) is 4.72 Å². The second-order valence-electron chi connectivity index (χ2n) is 9.59. The van der Waals surface area contributed by atoms with E-state index in [1.165, 1.54) is 49.0 Å². The summed E-state index contributed by atoms with van der Waals surface area (Å²) in [7, 11) is 0.859. The Hall–Kier alpha value is -2.83. The normalized spacial score (nSPS) is 13.4. The number of hydrogen-bond donors (Lipinski definition) is 1. The average molecular weight is 576 g/mol. The Morgan fingerprint density at radius 3 is 2.41 bits per heavy atom. The highest BCUT2D eigenvalue weighted by atomic mass is 32.2. The summed E-state index contributed by atoms with van der Waals surface area (Å²) >= 11 is -1.34. The van der Waals surface area contributed by atoms with Gasteiger partial charge in [0.1, 0.15) is 11.6 Å². The molecule has 0 aliphatic rings. The van der Waals surface area contributed by atoms with Crippen LogP contribution < -0.4 is 10.3 Å². The predicted molar refractivity (Wildman–Crippen MR) is 153 cm³/mol. The molecule has 39 heavy (non-hydrogen) atoms. The number of carbonyl (C=O) groups is 1. The van der Waals surface area contributed by atoms with Crippen LogP contribution in [0.15, 0.2) is 59.5 Å². The number of hydrogen-bond acceptors (Lipinski definition) is 6. The first-order valence-electron chi connectivity index (χ1n) is 12.5. The molecule has 0 radical (unpaired) electrons. The van der Waals surface area contributed by atoms with Gasteiger partial charge < -0.3 is 9.12 Å². The monoisotopic (exact) mass is 575 g/mol. The van der Waals surface area contributed by atoms with Gasteiger partial charge >= 0.3 is 0 Å². The zero-order valence-electron chi connectivity index (χ0n) is 22.7. The predicted octanol–water partition coefficient (Wildman–Crippen LogP) is 3.93. The molecule has 2 atom stereocenters. The van der Waals surface area contributed by atoms with E-state index in [4.69, 9.17) is 0 Å². The highest BCUT2D eigenvalue weighted by Crippen LogP contribution is 2.33. The van der Waals surface area contributed by atoms with Crippen molar-refractivity contribution in [3.05, 3.63) is 93.2 Å². The number of nitrogens with one attached hydrogen (secondary N) is 1. The Balaban J connectivity index is 2.22. The van der Waals surface area contributed by atoms with Crippen LogP contribution in [0.2, 0.25) is 0 Å². The minimum absolute atomic E-state index is 0.254. The first-order valence-corrected chi connectivity index (χ1v) is 15.5.